The topological polar surface area (TPSA) is 88.3 Å². The molecule has 0 saturated heterocycles. The SMILES string of the molecule is Cc1ccc(CCCC(=O)N2Cc3nnc(C)n3CC2C(=O)O)cc1. The van der Waals surface area contributed by atoms with Gasteiger partial charge in [0.05, 0.1) is 13.1 Å². The lowest BCUT2D eigenvalue weighted by Gasteiger charge is -2.33. The number of carbonyl (C=O) groups is 2. The zero-order chi connectivity index (χ0) is 18.0. The Bertz CT molecular complexity index is 782. The molecule has 1 unspecified atom stereocenters. The molecule has 7 heteroatoms. The van der Waals surface area contributed by atoms with Crippen LogP contribution in [0.25, 0.3) is 0 Å². The van der Waals surface area contributed by atoms with Crippen LogP contribution in [-0.2, 0) is 29.1 Å². The number of rotatable bonds is 5. The molecule has 0 aliphatic carbocycles. The summed E-state index contributed by atoms with van der Waals surface area (Å²) >= 11 is 0. The number of fused-ring (bicyclic) bond motifs is 1. The highest BCUT2D eigenvalue weighted by atomic mass is 16.4. The molecule has 2 aromatic rings. The Hall–Kier alpha value is -2.70. The first-order chi connectivity index (χ1) is 12.0. The molecule has 1 amide bonds. The fourth-order valence-electron chi connectivity index (χ4n) is 3.13. The lowest BCUT2D eigenvalue weighted by atomic mass is 10.1. The zero-order valence-electron chi connectivity index (χ0n) is 14.5. The maximum absolute atomic E-state index is 12.6. The standard InChI is InChI=1S/C18H22N4O3/c1-12-6-8-14(9-7-12)4-3-5-17(23)22-11-16-20-19-13(2)21(16)10-15(22)18(24)25/h6-9,15H,3-5,10-11H2,1-2H3,(H,24,25). The van der Waals surface area contributed by atoms with Crippen LogP contribution in [0.5, 0.6) is 0 Å². The Balaban J connectivity index is 1.63. The Morgan fingerprint density at radius 3 is 2.60 bits per heavy atom. The van der Waals surface area contributed by atoms with Crippen LogP contribution >= 0.6 is 0 Å². The van der Waals surface area contributed by atoms with Gasteiger partial charge in [0.2, 0.25) is 5.91 Å². The van der Waals surface area contributed by atoms with Gasteiger partial charge < -0.3 is 14.6 Å². The van der Waals surface area contributed by atoms with Gasteiger partial charge in [-0.25, -0.2) is 4.79 Å². The molecular formula is C18H22N4O3. The number of aliphatic carboxylic acids is 1. The van der Waals surface area contributed by atoms with Crippen LogP contribution in [0, 0.1) is 13.8 Å². The van der Waals surface area contributed by atoms with E-state index in [9.17, 15) is 14.7 Å². The molecule has 25 heavy (non-hydrogen) atoms. The number of benzene rings is 1. The molecule has 3 rings (SSSR count). The average molecular weight is 342 g/mol. The van der Waals surface area contributed by atoms with Gasteiger partial charge in [-0.15, -0.1) is 10.2 Å². The van der Waals surface area contributed by atoms with Gasteiger partial charge >= 0.3 is 5.97 Å². The number of aromatic nitrogens is 3. The summed E-state index contributed by atoms with van der Waals surface area (Å²) in [6.07, 6.45) is 1.81. The molecule has 1 aliphatic rings. The average Bonchev–Trinajstić information content (AvgIpc) is 2.96. The highest BCUT2D eigenvalue weighted by molar-refractivity contribution is 5.83. The van der Waals surface area contributed by atoms with Crippen molar-refractivity contribution in [2.45, 2.75) is 52.2 Å². The molecule has 132 valence electrons. The van der Waals surface area contributed by atoms with E-state index in [4.69, 9.17) is 0 Å². The van der Waals surface area contributed by atoms with Gasteiger partial charge in [0.25, 0.3) is 0 Å². The number of hydrogen-bond donors (Lipinski definition) is 1. The molecule has 1 aliphatic heterocycles. The Morgan fingerprint density at radius 1 is 1.20 bits per heavy atom. The van der Waals surface area contributed by atoms with Crippen LogP contribution in [0.2, 0.25) is 0 Å². The smallest absolute Gasteiger partial charge is 0.328 e. The van der Waals surface area contributed by atoms with Crippen LogP contribution in [0.1, 0.15) is 35.6 Å². The minimum absolute atomic E-state index is 0.147. The third kappa shape index (κ3) is 3.70. The summed E-state index contributed by atoms with van der Waals surface area (Å²) in [7, 11) is 0. The van der Waals surface area contributed by atoms with Crippen LogP contribution < -0.4 is 0 Å². The second kappa shape index (κ2) is 7.04. The monoisotopic (exact) mass is 342 g/mol. The van der Waals surface area contributed by atoms with Gasteiger partial charge in [-0.3, -0.25) is 4.79 Å². The van der Waals surface area contributed by atoms with Gasteiger partial charge in [0.15, 0.2) is 5.82 Å². The van der Waals surface area contributed by atoms with E-state index in [1.807, 2.05) is 6.92 Å². The van der Waals surface area contributed by atoms with Crippen molar-refractivity contribution in [1.82, 2.24) is 19.7 Å². The van der Waals surface area contributed by atoms with Crippen molar-refractivity contribution < 1.29 is 14.7 Å². The highest BCUT2D eigenvalue weighted by Crippen LogP contribution is 2.20. The Morgan fingerprint density at radius 2 is 1.92 bits per heavy atom. The van der Waals surface area contributed by atoms with Crippen molar-refractivity contribution in [1.29, 1.82) is 0 Å². The number of carboxylic acid groups (broad SMARTS) is 1. The maximum Gasteiger partial charge on any atom is 0.328 e. The van der Waals surface area contributed by atoms with Crippen molar-refractivity contribution in [3.05, 3.63) is 47.0 Å². The van der Waals surface area contributed by atoms with Gasteiger partial charge in [-0.1, -0.05) is 29.8 Å². The van der Waals surface area contributed by atoms with Crippen molar-refractivity contribution in [3.63, 3.8) is 0 Å². The van der Waals surface area contributed by atoms with Gasteiger partial charge in [-0.05, 0) is 32.3 Å². The molecular weight excluding hydrogens is 320 g/mol. The van der Waals surface area contributed by atoms with E-state index in [1.54, 1.807) is 11.5 Å². The Kier molecular flexibility index (Phi) is 4.83. The number of aryl methyl sites for hydroxylation is 3. The molecule has 0 bridgehead atoms. The maximum atomic E-state index is 12.6. The molecule has 2 heterocycles. The van der Waals surface area contributed by atoms with Gasteiger partial charge in [0.1, 0.15) is 11.9 Å². The molecule has 1 atom stereocenters. The number of nitrogens with zero attached hydrogens (tertiary/aromatic N) is 4. The Labute approximate surface area is 146 Å². The number of amides is 1. The lowest BCUT2D eigenvalue weighted by molar-refractivity contribution is -0.152. The third-order valence-corrected chi connectivity index (χ3v) is 4.64. The molecule has 0 radical (unpaired) electrons. The summed E-state index contributed by atoms with van der Waals surface area (Å²) in [5, 5.41) is 17.5. The van der Waals surface area contributed by atoms with E-state index in [0.717, 1.165) is 6.42 Å². The molecule has 1 aromatic carbocycles. The van der Waals surface area contributed by atoms with Gasteiger partial charge in [0, 0.05) is 6.42 Å². The first-order valence-corrected chi connectivity index (χ1v) is 8.42. The van der Waals surface area contributed by atoms with Crippen molar-refractivity contribution in [2.75, 3.05) is 0 Å². The van der Waals surface area contributed by atoms with Crippen LogP contribution in [0.15, 0.2) is 24.3 Å². The first-order valence-electron chi connectivity index (χ1n) is 8.42. The summed E-state index contributed by atoms with van der Waals surface area (Å²) in [5.74, 6) is 0.173. The van der Waals surface area contributed by atoms with Crippen molar-refractivity contribution in [2.24, 2.45) is 0 Å². The molecule has 0 fully saturated rings. The number of hydrogen-bond acceptors (Lipinski definition) is 4. The normalized spacial score (nSPS) is 16.6. The third-order valence-electron chi connectivity index (χ3n) is 4.64. The van der Waals surface area contributed by atoms with E-state index in [-0.39, 0.29) is 19.0 Å². The van der Waals surface area contributed by atoms with E-state index < -0.39 is 12.0 Å². The molecule has 0 saturated carbocycles. The minimum Gasteiger partial charge on any atom is -0.480 e. The summed E-state index contributed by atoms with van der Waals surface area (Å²) in [6.45, 7) is 4.22. The van der Waals surface area contributed by atoms with Crippen molar-refractivity contribution in [3.8, 4) is 0 Å². The number of carbonyl (C=O) groups excluding carboxylic acids is 1. The fourth-order valence-corrected chi connectivity index (χ4v) is 3.13. The molecule has 1 N–H and O–H groups in total. The highest BCUT2D eigenvalue weighted by Gasteiger charge is 2.35. The quantitative estimate of drug-likeness (QED) is 0.894. The predicted molar refractivity (Wildman–Crippen MR) is 90.8 cm³/mol. The van der Waals surface area contributed by atoms with Crippen LogP contribution in [0.4, 0.5) is 0 Å². The fraction of sp³-hybridized carbons (Fsp3) is 0.444. The van der Waals surface area contributed by atoms with E-state index >= 15 is 0 Å². The van der Waals surface area contributed by atoms with Crippen LogP contribution in [-0.4, -0.2) is 42.7 Å². The molecule has 7 nitrogen and oxygen atoms in total. The predicted octanol–water partition coefficient (Wildman–Crippen LogP) is 1.71. The van der Waals surface area contributed by atoms with Crippen molar-refractivity contribution >= 4 is 11.9 Å². The molecule has 1 aromatic heterocycles. The number of carboxylic acids is 1. The second-order valence-corrected chi connectivity index (χ2v) is 6.49. The van der Waals surface area contributed by atoms with E-state index in [2.05, 4.69) is 34.5 Å². The largest absolute Gasteiger partial charge is 0.480 e. The lowest BCUT2D eigenvalue weighted by Crippen LogP contribution is -2.50. The van der Waals surface area contributed by atoms with E-state index in [1.165, 1.54) is 16.0 Å². The second-order valence-electron chi connectivity index (χ2n) is 6.49. The van der Waals surface area contributed by atoms with Gasteiger partial charge in [-0.2, -0.15) is 0 Å². The summed E-state index contributed by atoms with van der Waals surface area (Å²) in [4.78, 5) is 25.6. The summed E-state index contributed by atoms with van der Waals surface area (Å²) < 4.78 is 1.77. The minimum atomic E-state index is -0.995. The molecule has 0 spiro atoms. The van der Waals surface area contributed by atoms with Crippen LogP contribution in [0.3, 0.4) is 0 Å². The summed E-state index contributed by atoms with van der Waals surface area (Å²) in [5.41, 5.74) is 2.39. The first kappa shape index (κ1) is 17.1. The zero-order valence-corrected chi connectivity index (χ0v) is 14.5. The van der Waals surface area contributed by atoms with E-state index in [0.29, 0.717) is 24.5 Å². The summed E-state index contributed by atoms with van der Waals surface area (Å²) in [6, 6.07) is 7.36.